The maximum absolute atomic E-state index is 5.99. The number of halogens is 1. The van der Waals surface area contributed by atoms with Gasteiger partial charge in [0, 0.05) is 12.1 Å². The molecule has 1 fully saturated rings. The lowest BCUT2D eigenvalue weighted by molar-refractivity contribution is 0.756. The quantitative estimate of drug-likeness (QED) is 0.784. The molecule has 1 saturated carbocycles. The zero-order valence-electron chi connectivity index (χ0n) is 8.96. The summed E-state index contributed by atoms with van der Waals surface area (Å²) in [5, 5.41) is 3.91. The maximum atomic E-state index is 5.99. The minimum atomic E-state index is 0.571. The molecule has 2 rings (SSSR count). The van der Waals surface area contributed by atoms with Gasteiger partial charge in [0.1, 0.15) is 17.3 Å². The number of nitrogens with one attached hydrogen (secondary N) is 1. The molecule has 0 bridgehead atoms. The van der Waals surface area contributed by atoms with E-state index < -0.39 is 0 Å². The molecule has 1 aliphatic carbocycles. The van der Waals surface area contributed by atoms with E-state index in [0.717, 1.165) is 30.3 Å². The van der Waals surface area contributed by atoms with E-state index in [-0.39, 0.29) is 0 Å². The van der Waals surface area contributed by atoms with Crippen LogP contribution in [0.25, 0.3) is 0 Å². The number of hydrogen-bond acceptors (Lipinski definition) is 3. The van der Waals surface area contributed by atoms with Crippen molar-refractivity contribution in [1.82, 2.24) is 9.97 Å². The Morgan fingerprint density at radius 1 is 1.47 bits per heavy atom. The monoisotopic (exact) mass is 225 g/mol. The van der Waals surface area contributed by atoms with Gasteiger partial charge in [0.15, 0.2) is 0 Å². The van der Waals surface area contributed by atoms with Crippen LogP contribution >= 0.6 is 11.6 Å². The highest BCUT2D eigenvalue weighted by atomic mass is 35.5. The van der Waals surface area contributed by atoms with E-state index in [2.05, 4.69) is 22.2 Å². The molecule has 0 saturated heterocycles. The second kappa shape index (κ2) is 4.79. The summed E-state index contributed by atoms with van der Waals surface area (Å²) in [4.78, 5) is 8.20. The predicted octanol–water partition coefficient (Wildman–Crippen LogP) is 2.90. The third-order valence-electron chi connectivity index (χ3n) is 2.79. The lowest BCUT2D eigenvalue weighted by Gasteiger charge is -2.09. The Labute approximate surface area is 95.3 Å². The van der Waals surface area contributed by atoms with Gasteiger partial charge in [0.05, 0.1) is 0 Å². The molecular weight excluding hydrogens is 210 g/mol. The molecule has 1 heterocycles. The molecule has 0 radical (unpaired) electrons. The Morgan fingerprint density at radius 2 is 2.27 bits per heavy atom. The van der Waals surface area contributed by atoms with Crippen LogP contribution in [0.3, 0.4) is 0 Å². The minimum absolute atomic E-state index is 0.571. The maximum Gasteiger partial charge on any atom is 0.137 e. The van der Waals surface area contributed by atoms with Crippen molar-refractivity contribution >= 4 is 17.4 Å². The van der Waals surface area contributed by atoms with Crippen LogP contribution < -0.4 is 5.32 Å². The number of hydrogen-bond donors (Lipinski definition) is 1. The Bertz CT molecular complexity index is 337. The zero-order chi connectivity index (χ0) is 10.7. The lowest BCUT2D eigenvalue weighted by Crippen LogP contribution is -2.07. The van der Waals surface area contributed by atoms with E-state index in [0.29, 0.717) is 5.15 Å². The van der Waals surface area contributed by atoms with E-state index >= 15 is 0 Å². The van der Waals surface area contributed by atoms with E-state index in [1.54, 1.807) is 0 Å². The molecule has 82 valence electrons. The smallest absolute Gasteiger partial charge is 0.137 e. The van der Waals surface area contributed by atoms with Crippen molar-refractivity contribution in [2.45, 2.75) is 32.6 Å². The van der Waals surface area contributed by atoms with Crippen LogP contribution in [0.1, 0.15) is 31.7 Å². The van der Waals surface area contributed by atoms with Gasteiger partial charge in [-0.2, -0.15) is 0 Å². The molecule has 1 aliphatic rings. The first-order valence-corrected chi connectivity index (χ1v) is 5.92. The fourth-order valence-corrected chi connectivity index (χ4v) is 1.92. The Hall–Kier alpha value is -0.830. The Kier molecular flexibility index (Phi) is 3.41. The summed E-state index contributed by atoms with van der Waals surface area (Å²) < 4.78 is 0. The largest absolute Gasteiger partial charge is 0.370 e. The predicted molar refractivity (Wildman–Crippen MR) is 62.3 cm³/mol. The highest BCUT2D eigenvalue weighted by Gasteiger charge is 2.20. The first-order chi connectivity index (χ1) is 7.31. The van der Waals surface area contributed by atoms with Gasteiger partial charge in [-0.3, -0.25) is 0 Å². The summed E-state index contributed by atoms with van der Waals surface area (Å²) in [7, 11) is 0. The molecule has 0 spiro atoms. The van der Waals surface area contributed by atoms with E-state index in [1.165, 1.54) is 25.6 Å². The average Bonchev–Trinajstić information content (AvgIpc) is 3.02. The van der Waals surface area contributed by atoms with Gasteiger partial charge in [0.25, 0.3) is 0 Å². The fourth-order valence-electron chi connectivity index (χ4n) is 1.66. The van der Waals surface area contributed by atoms with Crippen molar-refractivity contribution in [3.05, 3.63) is 17.0 Å². The van der Waals surface area contributed by atoms with Crippen molar-refractivity contribution in [2.24, 2.45) is 5.92 Å². The van der Waals surface area contributed by atoms with Crippen molar-refractivity contribution < 1.29 is 0 Å². The van der Waals surface area contributed by atoms with Gasteiger partial charge in [-0.05, 0) is 18.8 Å². The number of anilines is 1. The highest BCUT2D eigenvalue weighted by Crippen LogP contribution is 2.32. The molecule has 0 aliphatic heterocycles. The van der Waals surface area contributed by atoms with Gasteiger partial charge < -0.3 is 5.32 Å². The van der Waals surface area contributed by atoms with Gasteiger partial charge in [0.2, 0.25) is 0 Å². The second-order valence-corrected chi connectivity index (χ2v) is 4.36. The van der Waals surface area contributed by atoms with Crippen molar-refractivity contribution in [1.29, 1.82) is 0 Å². The summed E-state index contributed by atoms with van der Waals surface area (Å²) in [6, 6.07) is 0. The third-order valence-corrected chi connectivity index (χ3v) is 3.11. The van der Waals surface area contributed by atoms with Crippen molar-refractivity contribution in [2.75, 3.05) is 11.9 Å². The zero-order valence-corrected chi connectivity index (χ0v) is 9.72. The molecule has 0 atom stereocenters. The Balaban J connectivity index is 1.95. The Morgan fingerprint density at radius 3 is 2.93 bits per heavy atom. The van der Waals surface area contributed by atoms with E-state index in [1.807, 2.05) is 0 Å². The summed E-state index contributed by atoms with van der Waals surface area (Å²) in [6.45, 7) is 3.06. The van der Waals surface area contributed by atoms with Crippen LogP contribution in [-0.2, 0) is 6.42 Å². The lowest BCUT2D eigenvalue weighted by atomic mass is 10.2. The van der Waals surface area contributed by atoms with Crippen LogP contribution in [0.5, 0.6) is 0 Å². The normalized spacial score (nSPS) is 15.3. The minimum Gasteiger partial charge on any atom is -0.370 e. The second-order valence-electron chi connectivity index (χ2n) is 4.00. The first kappa shape index (κ1) is 10.7. The van der Waals surface area contributed by atoms with Crippen LogP contribution in [-0.4, -0.2) is 16.5 Å². The molecule has 0 aromatic carbocycles. The van der Waals surface area contributed by atoms with Gasteiger partial charge in [-0.15, -0.1) is 0 Å². The average molecular weight is 226 g/mol. The molecule has 0 amide bonds. The third kappa shape index (κ3) is 2.81. The van der Waals surface area contributed by atoms with Gasteiger partial charge in [-0.1, -0.05) is 31.4 Å². The molecular formula is C11H16ClN3. The SMILES string of the molecule is CCc1c(Cl)ncnc1NCCC1CC1. The first-order valence-electron chi connectivity index (χ1n) is 5.54. The summed E-state index contributed by atoms with van der Waals surface area (Å²) in [5.74, 6) is 1.85. The topological polar surface area (TPSA) is 37.8 Å². The number of aromatic nitrogens is 2. The molecule has 1 N–H and O–H groups in total. The van der Waals surface area contributed by atoms with Crippen molar-refractivity contribution in [3.63, 3.8) is 0 Å². The highest BCUT2D eigenvalue weighted by molar-refractivity contribution is 6.30. The summed E-state index contributed by atoms with van der Waals surface area (Å²) >= 11 is 5.99. The van der Waals surface area contributed by atoms with Crippen molar-refractivity contribution in [3.8, 4) is 0 Å². The fraction of sp³-hybridized carbons (Fsp3) is 0.636. The van der Waals surface area contributed by atoms with Crippen LogP contribution in [0.2, 0.25) is 5.15 Å². The van der Waals surface area contributed by atoms with E-state index in [4.69, 9.17) is 11.6 Å². The van der Waals surface area contributed by atoms with Crippen LogP contribution in [0.15, 0.2) is 6.33 Å². The molecule has 1 aromatic rings. The molecule has 4 heteroatoms. The van der Waals surface area contributed by atoms with Gasteiger partial charge >= 0.3 is 0 Å². The van der Waals surface area contributed by atoms with Crippen LogP contribution in [0, 0.1) is 5.92 Å². The molecule has 3 nitrogen and oxygen atoms in total. The summed E-state index contributed by atoms with van der Waals surface area (Å²) in [6.07, 6.45) is 6.41. The molecule has 15 heavy (non-hydrogen) atoms. The van der Waals surface area contributed by atoms with Gasteiger partial charge in [-0.25, -0.2) is 9.97 Å². The molecule has 1 aromatic heterocycles. The van der Waals surface area contributed by atoms with E-state index in [9.17, 15) is 0 Å². The molecule has 0 unspecified atom stereocenters. The summed E-state index contributed by atoms with van der Waals surface area (Å²) in [5.41, 5.74) is 1.02. The number of rotatable bonds is 5. The standard InChI is InChI=1S/C11H16ClN3/c1-2-9-10(12)14-7-15-11(9)13-6-5-8-3-4-8/h7-8H,2-6H2,1H3,(H,13,14,15). The number of nitrogens with zero attached hydrogens (tertiary/aromatic N) is 2. The van der Waals surface area contributed by atoms with Crippen LogP contribution in [0.4, 0.5) is 5.82 Å².